The van der Waals surface area contributed by atoms with Gasteiger partial charge in [-0.3, -0.25) is 4.90 Å². The Morgan fingerprint density at radius 1 is 1.26 bits per heavy atom. The number of methoxy groups -OCH3 is 1. The van der Waals surface area contributed by atoms with E-state index in [1.807, 2.05) is 0 Å². The number of ether oxygens (including phenoxy) is 1. The Kier molecular flexibility index (Phi) is 6.21. The van der Waals surface area contributed by atoms with Crippen LogP contribution < -0.4 is 10.6 Å². The fraction of sp³-hybridized carbons (Fsp3) is 0.217. The van der Waals surface area contributed by atoms with Gasteiger partial charge in [-0.2, -0.15) is 18.4 Å². The van der Waals surface area contributed by atoms with Crippen molar-refractivity contribution >= 4 is 29.4 Å². The number of halogens is 3. The van der Waals surface area contributed by atoms with Gasteiger partial charge in [-0.25, -0.2) is 19.3 Å². The van der Waals surface area contributed by atoms with Gasteiger partial charge >= 0.3 is 17.8 Å². The summed E-state index contributed by atoms with van der Waals surface area (Å²) in [6.45, 7) is 1.55. The maximum atomic E-state index is 13.4. The van der Waals surface area contributed by atoms with Gasteiger partial charge in [0.15, 0.2) is 0 Å². The third-order valence-electron chi connectivity index (χ3n) is 5.64. The number of hydrogen-bond acceptors (Lipinski definition) is 7. The number of fused-ring (bicyclic) bond motifs is 1. The monoisotopic (exact) mass is 501 g/mol. The van der Waals surface area contributed by atoms with E-state index in [1.54, 1.807) is 31.4 Å². The van der Waals surface area contributed by atoms with Gasteiger partial charge in [0.1, 0.15) is 6.04 Å². The Balaban J connectivity index is 2.03. The molecular formula is C23H18F3N5O3S. The van der Waals surface area contributed by atoms with Crippen LogP contribution in [0.25, 0.3) is 0 Å². The standard InChI is InChI=1S/C23H18F3N5O3S/c1-12-18(20(32)34-2)19(16-8-7-13(11-27)9-17(16)35-3)31-21(28-29-22(31)33)30(12)15-6-4-5-14(10-15)23(24,25)26/h4-10,19H,1-3H3,(H,29,33). The molecule has 1 aromatic heterocycles. The number of anilines is 2. The Labute approximate surface area is 201 Å². The number of benzene rings is 2. The lowest BCUT2D eigenvalue weighted by Gasteiger charge is -2.36. The SMILES string of the molecule is COC(=O)C1=C(C)N(c2cccc(C(F)(F)F)c2)c2n[nH]c(=O)n2C1c1ccc(C#N)cc1SC. The van der Waals surface area contributed by atoms with E-state index < -0.39 is 29.4 Å². The van der Waals surface area contributed by atoms with E-state index in [0.29, 0.717) is 16.0 Å². The number of carbonyl (C=O) groups is 1. The van der Waals surface area contributed by atoms with Gasteiger partial charge in [-0.05, 0) is 49.1 Å². The first kappa shape index (κ1) is 24.2. The smallest absolute Gasteiger partial charge is 0.416 e. The maximum absolute atomic E-state index is 13.4. The molecule has 1 unspecified atom stereocenters. The fourth-order valence-corrected chi connectivity index (χ4v) is 4.75. The maximum Gasteiger partial charge on any atom is 0.416 e. The predicted molar refractivity (Wildman–Crippen MR) is 122 cm³/mol. The molecule has 0 saturated heterocycles. The molecule has 0 amide bonds. The molecule has 35 heavy (non-hydrogen) atoms. The Morgan fingerprint density at radius 3 is 2.63 bits per heavy atom. The molecule has 2 heterocycles. The van der Waals surface area contributed by atoms with Crippen LogP contribution in [-0.4, -0.2) is 34.1 Å². The molecule has 1 atom stereocenters. The molecule has 3 aromatic rings. The number of aromatic amines is 1. The van der Waals surface area contributed by atoms with Crippen molar-refractivity contribution in [2.24, 2.45) is 0 Å². The average Bonchev–Trinajstić information content (AvgIpc) is 3.22. The Morgan fingerprint density at radius 2 is 2.00 bits per heavy atom. The highest BCUT2D eigenvalue weighted by Crippen LogP contribution is 2.44. The average molecular weight is 501 g/mol. The number of alkyl halides is 3. The minimum atomic E-state index is -4.60. The summed E-state index contributed by atoms with van der Waals surface area (Å²) in [5.74, 6) is -0.763. The van der Waals surface area contributed by atoms with E-state index in [4.69, 9.17) is 4.74 Å². The summed E-state index contributed by atoms with van der Waals surface area (Å²) >= 11 is 1.32. The minimum absolute atomic E-state index is 0.000824. The Bertz CT molecular complexity index is 1450. The highest BCUT2D eigenvalue weighted by molar-refractivity contribution is 7.98. The molecule has 8 nitrogen and oxygen atoms in total. The highest BCUT2D eigenvalue weighted by Gasteiger charge is 2.41. The summed E-state index contributed by atoms with van der Waals surface area (Å²) in [5, 5.41) is 15.7. The minimum Gasteiger partial charge on any atom is -0.466 e. The first-order valence-electron chi connectivity index (χ1n) is 10.1. The lowest BCUT2D eigenvalue weighted by atomic mass is 9.93. The van der Waals surface area contributed by atoms with Crippen molar-refractivity contribution < 1.29 is 22.7 Å². The van der Waals surface area contributed by atoms with E-state index in [0.717, 1.165) is 12.1 Å². The van der Waals surface area contributed by atoms with Crippen LogP contribution in [0.3, 0.4) is 0 Å². The molecule has 1 aliphatic heterocycles. The van der Waals surface area contributed by atoms with Crippen LogP contribution in [0.4, 0.5) is 24.8 Å². The number of esters is 1. The number of rotatable bonds is 4. The van der Waals surface area contributed by atoms with Crippen molar-refractivity contribution in [2.45, 2.75) is 24.0 Å². The van der Waals surface area contributed by atoms with Crippen molar-refractivity contribution in [3.8, 4) is 6.07 Å². The highest BCUT2D eigenvalue weighted by atomic mass is 32.2. The molecule has 12 heteroatoms. The van der Waals surface area contributed by atoms with Crippen LogP contribution in [0.2, 0.25) is 0 Å². The van der Waals surface area contributed by atoms with Gasteiger partial charge < -0.3 is 4.74 Å². The van der Waals surface area contributed by atoms with Gasteiger partial charge in [-0.1, -0.05) is 12.1 Å². The zero-order valence-corrected chi connectivity index (χ0v) is 19.5. The summed E-state index contributed by atoms with van der Waals surface area (Å²) in [6, 6.07) is 10.4. The number of H-pyrrole nitrogens is 1. The number of carbonyl (C=O) groups excluding carboxylic acids is 1. The number of thioether (sulfide) groups is 1. The first-order chi connectivity index (χ1) is 16.6. The van der Waals surface area contributed by atoms with Crippen molar-refractivity contribution in [1.82, 2.24) is 14.8 Å². The number of allylic oxidation sites excluding steroid dienone is 1. The molecule has 0 radical (unpaired) electrons. The van der Waals surface area contributed by atoms with Gasteiger partial charge in [0.2, 0.25) is 5.95 Å². The number of nitrogens with zero attached hydrogens (tertiary/aromatic N) is 4. The number of aromatic nitrogens is 3. The third kappa shape index (κ3) is 4.08. The molecule has 4 rings (SSSR count). The molecule has 1 aliphatic rings. The molecule has 2 aromatic carbocycles. The summed E-state index contributed by atoms with van der Waals surface area (Å²) in [7, 11) is 1.18. The van der Waals surface area contributed by atoms with Crippen molar-refractivity contribution in [3.63, 3.8) is 0 Å². The normalized spacial score (nSPS) is 15.6. The quantitative estimate of drug-likeness (QED) is 0.418. The lowest BCUT2D eigenvalue weighted by Crippen LogP contribution is -2.37. The molecule has 1 N–H and O–H groups in total. The molecular weight excluding hydrogens is 483 g/mol. The van der Waals surface area contributed by atoms with Crippen LogP contribution >= 0.6 is 11.8 Å². The van der Waals surface area contributed by atoms with Gasteiger partial charge in [0.05, 0.1) is 29.9 Å². The van der Waals surface area contributed by atoms with Gasteiger partial charge in [-0.15, -0.1) is 16.9 Å². The van der Waals surface area contributed by atoms with Crippen LogP contribution in [0.1, 0.15) is 29.7 Å². The number of hydrogen-bond donors (Lipinski definition) is 1. The topological polar surface area (TPSA) is 104 Å². The lowest BCUT2D eigenvalue weighted by molar-refractivity contribution is -0.138. The number of nitriles is 1. The molecule has 180 valence electrons. The first-order valence-corrected chi connectivity index (χ1v) is 11.4. The summed E-state index contributed by atoms with van der Waals surface area (Å²) in [5.41, 5.74) is -0.311. The summed E-state index contributed by atoms with van der Waals surface area (Å²) in [6.07, 6.45) is -2.82. The molecule has 0 fully saturated rings. The summed E-state index contributed by atoms with van der Waals surface area (Å²) in [4.78, 5) is 27.9. The van der Waals surface area contributed by atoms with Gasteiger partial charge in [0, 0.05) is 16.3 Å². The number of nitrogens with one attached hydrogen (secondary N) is 1. The zero-order chi connectivity index (χ0) is 25.5. The van der Waals surface area contributed by atoms with Crippen LogP contribution in [0.5, 0.6) is 0 Å². The largest absolute Gasteiger partial charge is 0.466 e. The molecule has 0 bridgehead atoms. The molecule has 0 spiro atoms. The third-order valence-corrected chi connectivity index (χ3v) is 6.43. The zero-order valence-electron chi connectivity index (χ0n) is 18.7. The molecule has 0 saturated carbocycles. The van der Waals surface area contributed by atoms with Crippen LogP contribution in [0.15, 0.2) is 63.4 Å². The van der Waals surface area contributed by atoms with Crippen LogP contribution in [0, 0.1) is 11.3 Å². The molecule has 0 aliphatic carbocycles. The second-order valence-electron chi connectivity index (χ2n) is 7.54. The van der Waals surface area contributed by atoms with Crippen LogP contribution in [-0.2, 0) is 15.7 Å². The van der Waals surface area contributed by atoms with Gasteiger partial charge in [0.25, 0.3) is 0 Å². The summed E-state index contributed by atoms with van der Waals surface area (Å²) < 4.78 is 46.5. The van der Waals surface area contributed by atoms with Crippen molar-refractivity contribution in [1.29, 1.82) is 5.26 Å². The second-order valence-corrected chi connectivity index (χ2v) is 8.39. The fourth-order valence-electron chi connectivity index (χ4n) is 4.09. The van der Waals surface area contributed by atoms with E-state index in [9.17, 15) is 28.0 Å². The van der Waals surface area contributed by atoms with Crippen molar-refractivity contribution in [3.05, 3.63) is 80.9 Å². The Hall–Kier alpha value is -3.98. The van der Waals surface area contributed by atoms with E-state index in [1.165, 1.54) is 40.5 Å². The van der Waals surface area contributed by atoms with E-state index >= 15 is 0 Å². The van der Waals surface area contributed by atoms with E-state index in [-0.39, 0.29) is 22.9 Å². The second kappa shape index (κ2) is 8.99. The predicted octanol–water partition coefficient (Wildman–Crippen LogP) is 4.37. The van der Waals surface area contributed by atoms with Crippen molar-refractivity contribution in [2.75, 3.05) is 18.3 Å². The van der Waals surface area contributed by atoms with E-state index in [2.05, 4.69) is 16.3 Å².